The second-order valence-electron chi connectivity index (χ2n) is 2.42. The molecule has 0 spiro atoms. The van der Waals surface area contributed by atoms with Crippen LogP contribution in [0.5, 0.6) is 0 Å². The van der Waals surface area contributed by atoms with Gasteiger partial charge in [-0.25, -0.2) is 24.3 Å². The fourth-order valence-corrected chi connectivity index (χ4v) is 0.791. The third-order valence-electron chi connectivity index (χ3n) is 1.38. The van der Waals surface area contributed by atoms with Gasteiger partial charge in [-0.15, -0.1) is 0 Å². The minimum absolute atomic E-state index is 0. The van der Waals surface area contributed by atoms with Gasteiger partial charge in [0.2, 0.25) is 0 Å². The van der Waals surface area contributed by atoms with Crippen LogP contribution in [0.2, 0.25) is 0 Å². The molecule has 2 aromatic carbocycles. The molecule has 0 aromatic heterocycles. The minimum Gasteiger partial charge on any atom is -0.214 e. The summed E-state index contributed by atoms with van der Waals surface area (Å²) in [5.41, 5.74) is 1.34. The molecule has 0 radical (unpaired) electrons. The third kappa shape index (κ3) is 5.26. The van der Waals surface area contributed by atoms with Gasteiger partial charge >= 0.3 is 26.2 Å². The van der Waals surface area contributed by atoms with E-state index in [2.05, 4.69) is 19.1 Å². The molecule has 0 amide bonds. The van der Waals surface area contributed by atoms with Crippen molar-refractivity contribution >= 4 is 0 Å². The van der Waals surface area contributed by atoms with E-state index in [0.29, 0.717) is 0 Å². The second-order valence-corrected chi connectivity index (χ2v) is 2.42. The van der Waals surface area contributed by atoms with Crippen LogP contribution in [0.4, 0.5) is 0 Å². The summed E-state index contributed by atoms with van der Waals surface area (Å²) in [6.45, 7) is 2.08. The molecule has 2 rings (SSSR count). The van der Waals surface area contributed by atoms with Gasteiger partial charge in [-0.1, -0.05) is 6.92 Å². The predicted molar refractivity (Wildman–Crippen MR) is 48.8 cm³/mol. The molecule has 0 aliphatic heterocycles. The van der Waals surface area contributed by atoms with Crippen LogP contribution in [-0.4, -0.2) is 0 Å². The first kappa shape index (κ1) is 11.6. The normalized spacial score (nSPS) is 7.75. The molecule has 0 aliphatic rings. The maximum absolute atomic E-state index is 2.08. The van der Waals surface area contributed by atoms with Crippen molar-refractivity contribution in [1.82, 2.24) is 0 Å². The molecular weight excluding hydrogens is 223 g/mol. The molecule has 12 heavy (non-hydrogen) atoms. The van der Waals surface area contributed by atoms with E-state index in [1.165, 1.54) is 5.56 Å². The molecule has 0 bridgehead atoms. The number of rotatable bonds is 0. The molecule has 1 heteroatoms. The molecule has 0 N–H and O–H groups in total. The molecule has 0 fully saturated rings. The zero-order valence-corrected chi connectivity index (χ0v) is 9.65. The third-order valence-corrected chi connectivity index (χ3v) is 1.38. The van der Waals surface area contributed by atoms with Crippen LogP contribution >= 0.6 is 0 Å². The summed E-state index contributed by atoms with van der Waals surface area (Å²) in [7, 11) is 0. The van der Waals surface area contributed by atoms with Gasteiger partial charge in [-0.2, -0.15) is 35.9 Å². The molecule has 2 aromatic rings. The summed E-state index contributed by atoms with van der Waals surface area (Å²) in [6.07, 6.45) is 0. The minimum atomic E-state index is 0. The quantitative estimate of drug-likeness (QED) is 0.616. The molecule has 60 valence electrons. The maximum atomic E-state index is 2.08. The van der Waals surface area contributed by atoms with Gasteiger partial charge in [-0.3, -0.25) is 0 Å². The van der Waals surface area contributed by atoms with Gasteiger partial charge in [0.05, 0.1) is 0 Å². The van der Waals surface area contributed by atoms with Crippen LogP contribution < -0.4 is 0 Å². The summed E-state index contributed by atoms with van der Waals surface area (Å²) in [5.74, 6) is 0. The largest absolute Gasteiger partial charge is 2.00 e. The van der Waals surface area contributed by atoms with E-state index in [-0.39, 0.29) is 26.2 Å². The van der Waals surface area contributed by atoms with E-state index in [1.807, 2.05) is 42.5 Å². The van der Waals surface area contributed by atoms with Crippen molar-refractivity contribution in [2.75, 3.05) is 0 Å². The Kier molecular flexibility index (Phi) is 6.99. The molecule has 0 heterocycles. The monoisotopic (exact) mass is 234 g/mol. The van der Waals surface area contributed by atoms with E-state index < -0.39 is 0 Å². The van der Waals surface area contributed by atoms with Crippen LogP contribution in [-0.2, 0) is 26.2 Å². The fraction of sp³-hybridized carbons (Fsp3) is 0.0909. The number of hydrogen-bond acceptors (Lipinski definition) is 0. The average Bonchev–Trinajstić information content (AvgIpc) is 2.57. The molecule has 0 saturated heterocycles. The Balaban J connectivity index is 0.000000189. The first-order valence-electron chi connectivity index (χ1n) is 3.74. The van der Waals surface area contributed by atoms with Crippen molar-refractivity contribution < 1.29 is 26.2 Å². The van der Waals surface area contributed by atoms with E-state index in [9.17, 15) is 0 Å². The summed E-state index contributed by atoms with van der Waals surface area (Å²) < 4.78 is 0. The Morgan fingerprint density at radius 1 is 0.917 bits per heavy atom. The Bertz CT molecular complexity index is 223. The van der Waals surface area contributed by atoms with Crippen LogP contribution in [0.1, 0.15) is 5.56 Å². The topological polar surface area (TPSA) is 0 Å². The zero-order valence-electron chi connectivity index (χ0n) is 7.20. The first-order valence-corrected chi connectivity index (χ1v) is 3.74. The van der Waals surface area contributed by atoms with Crippen molar-refractivity contribution in [1.29, 1.82) is 0 Å². The molecule has 0 atom stereocenters. The van der Waals surface area contributed by atoms with E-state index in [1.54, 1.807) is 0 Å². The first-order chi connectivity index (χ1) is 5.39. The Morgan fingerprint density at radius 3 is 1.58 bits per heavy atom. The molecule has 0 unspecified atom stereocenters. The maximum Gasteiger partial charge on any atom is 2.00 e. The predicted octanol–water partition coefficient (Wildman–Crippen LogP) is 3.12. The average molecular weight is 235 g/mol. The van der Waals surface area contributed by atoms with Gasteiger partial charge in [0.15, 0.2) is 0 Å². The molecular formula is C11H12Zr. The van der Waals surface area contributed by atoms with Crippen LogP contribution in [0.25, 0.3) is 0 Å². The van der Waals surface area contributed by atoms with Crippen molar-refractivity contribution in [3.63, 3.8) is 0 Å². The van der Waals surface area contributed by atoms with E-state index >= 15 is 0 Å². The Morgan fingerprint density at radius 2 is 1.42 bits per heavy atom. The summed E-state index contributed by atoms with van der Waals surface area (Å²) in [5, 5.41) is 0. The van der Waals surface area contributed by atoms with Crippen LogP contribution in [0.3, 0.4) is 0 Å². The number of aryl methyl sites for hydroxylation is 1. The SMILES string of the molecule is C[c-]1cccc1.[Zr+2].c1cc[cH-]c1. The molecule has 0 saturated carbocycles. The number of hydrogen-bond donors (Lipinski definition) is 0. The summed E-state index contributed by atoms with van der Waals surface area (Å²) in [6, 6.07) is 18.2. The fourth-order valence-electron chi connectivity index (χ4n) is 0.791. The summed E-state index contributed by atoms with van der Waals surface area (Å²) >= 11 is 0. The Hall–Kier alpha value is -0.417. The second kappa shape index (κ2) is 7.24. The van der Waals surface area contributed by atoms with E-state index in [0.717, 1.165) is 0 Å². The van der Waals surface area contributed by atoms with Crippen molar-refractivity contribution in [2.24, 2.45) is 0 Å². The van der Waals surface area contributed by atoms with Crippen molar-refractivity contribution in [3.05, 3.63) is 60.2 Å². The van der Waals surface area contributed by atoms with E-state index in [4.69, 9.17) is 0 Å². The van der Waals surface area contributed by atoms with Crippen molar-refractivity contribution in [3.8, 4) is 0 Å². The standard InChI is InChI=1S/C6H7.C5H5.Zr/c1-6-4-2-3-5-6;1-2-4-5-3-1;/h2-5H,1H3;1-5H;/q2*-1;+2. The van der Waals surface area contributed by atoms with Gasteiger partial charge in [0.1, 0.15) is 0 Å². The zero-order chi connectivity index (χ0) is 7.94. The summed E-state index contributed by atoms with van der Waals surface area (Å²) in [4.78, 5) is 0. The van der Waals surface area contributed by atoms with Crippen LogP contribution in [0.15, 0.2) is 54.6 Å². The van der Waals surface area contributed by atoms with Crippen molar-refractivity contribution in [2.45, 2.75) is 6.92 Å². The Labute approximate surface area is 93.1 Å². The van der Waals surface area contributed by atoms with Gasteiger partial charge in [-0.05, 0) is 0 Å². The van der Waals surface area contributed by atoms with Crippen LogP contribution in [0, 0.1) is 6.92 Å². The smallest absolute Gasteiger partial charge is 0.214 e. The van der Waals surface area contributed by atoms with Gasteiger partial charge in [0.25, 0.3) is 0 Å². The van der Waals surface area contributed by atoms with Gasteiger partial charge < -0.3 is 0 Å². The molecule has 0 nitrogen and oxygen atoms in total. The molecule has 0 aliphatic carbocycles. The van der Waals surface area contributed by atoms with Gasteiger partial charge in [0, 0.05) is 0 Å².